The molecule has 19 heavy (non-hydrogen) atoms. The SMILES string of the molecule is Cc1cc(C(=O)O)ccc1NC1CSCC(C)(C)C1. The third-order valence-corrected chi connectivity index (χ3v) is 5.07. The van der Waals surface area contributed by atoms with Gasteiger partial charge in [-0.15, -0.1) is 0 Å². The highest BCUT2D eigenvalue weighted by Gasteiger charge is 2.28. The van der Waals surface area contributed by atoms with E-state index in [1.54, 1.807) is 12.1 Å². The molecule has 0 aromatic heterocycles. The van der Waals surface area contributed by atoms with Crippen molar-refractivity contribution in [1.29, 1.82) is 0 Å². The standard InChI is InChI=1S/C15H21NO2S/c1-10-6-11(14(17)18)4-5-13(10)16-12-7-15(2,3)9-19-8-12/h4-6,12,16H,7-9H2,1-3H3,(H,17,18). The molecule has 1 saturated heterocycles. The Hall–Kier alpha value is -1.16. The molecule has 3 nitrogen and oxygen atoms in total. The average Bonchev–Trinajstić information content (AvgIpc) is 2.30. The molecule has 1 heterocycles. The Morgan fingerprint density at radius 3 is 2.79 bits per heavy atom. The van der Waals surface area contributed by atoms with Crippen molar-refractivity contribution in [3.05, 3.63) is 29.3 Å². The molecular weight excluding hydrogens is 258 g/mol. The summed E-state index contributed by atoms with van der Waals surface area (Å²) in [6, 6.07) is 5.73. The maximum Gasteiger partial charge on any atom is 0.335 e. The third kappa shape index (κ3) is 3.66. The number of carbonyl (C=O) groups is 1. The summed E-state index contributed by atoms with van der Waals surface area (Å²) in [4.78, 5) is 10.9. The van der Waals surface area contributed by atoms with Crippen molar-refractivity contribution in [1.82, 2.24) is 0 Å². The van der Waals surface area contributed by atoms with E-state index in [9.17, 15) is 4.79 Å². The largest absolute Gasteiger partial charge is 0.478 e. The summed E-state index contributed by atoms with van der Waals surface area (Å²) in [5, 5.41) is 12.5. The zero-order chi connectivity index (χ0) is 14.0. The van der Waals surface area contributed by atoms with Crippen molar-refractivity contribution in [3.8, 4) is 0 Å². The van der Waals surface area contributed by atoms with Crippen LogP contribution < -0.4 is 5.32 Å². The van der Waals surface area contributed by atoms with Crippen LogP contribution in [0.5, 0.6) is 0 Å². The van der Waals surface area contributed by atoms with E-state index >= 15 is 0 Å². The van der Waals surface area contributed by atoms with Gasteiger partial charge in [-0.25, -0.2) is 4.79 Å². The Balaban J connectivity index is 2.09. The molecule has 0 bridgehead atoms. The van der Waals surface area contributed by atoms with Gasteiger partial charge in [-0.1, -0.05) is 13.8 Å². The summed E-state index contributed by atoms with van der Waals surface area (Å²) in [5.74, 6) is 1.45. The quantitative estimate of drug-likeness (QED) is 0.887. The molecule has 1 aliphatic heterocycles. The molecule has 4 heteroatoms. The van der Waals surface area contributed by atoms with Crippen LogP contribution in [0, 0.1) is 12.3 Å². The van der Waals surface area contributed by atoms with Gasteiger partial charge in [0.05, 0.1) is 5.56 Å². The van der Waals surface area contributed by atoms with Crippen LogP contribution in [0.3, 0.4) is 0 Å². The Bertz CT molecular complexity index is 485. The number of aryl methyl sites for hydroxylation is 1. The minimum Gasteiger partial charge on any atom is -0.478 e. The molecule has 1 fully saturated rings. The number of nitrogens with one attached hydrogen (secondary N) is 1. The first kappa shape index (κ1) is 14.3. The highest BCUT2D eigenvalue weighted by atomic mass is 32.2. The molecule has 2 rings (SSSR count). The predicted octanol–water partition coefficient (Wildman–Crippen LogP) is 3.64. The minimum absolute atomic E-state index is 0.349. The van der Waals surface area contributed by atoms with E-state index in [2.05, 4.69) is 19.2 Å². The summed E-state index contributed by atoms with van der Waals surface area (Å²) < 4.78 is 0. The molecule has 0 radical (unpaired) electrons. The molecule has 0 amide bonds. The van der Waals surface area contributed by atoms with Crippen molar-refractivity contribution in [2.45, 2.75) is 33.2 Å². The van der Waals surface area contributed by atoms with Gasteiger partial charge in [0, 0.05) is 17.5 Å². The highest BCUT2D eigenvalue weighted by molar-refractivity contribution is 7.99. The zero-order valence-electron chi connectivity index (χ0n) is 11.7. The van der Waals surface area contributed by atoms with Crippen molar-refractivity contribution < 1.29 is 9.90 Å². The topological polar surface area (TPSA) is 49.3 Å². The summed E-state index contributed by atoms with van der Waals surface area (Å²) in [6.07, 6.45) is 1.15. The van der Waals surface area contributed by atoms with Gasteiger partial charge < -0.3 is 10.4 Å². The summed E-state index contributed by atoms with van der Waals surface area (Å²) in [5.41, 5.74) is 2.76. The lowest BCUT2D eigenvalue weighted by Gasteiger charge is -2.35. The number of hydrogen-bond acceptors (Lipinski definition) is 3. The van der Waals surface area contributed by atoms with E-state index in [-0.39, 0.29) is 0 Å². The van der Waals surface area contributed by atoms with Crippen molar-refractivity contribution in [2.24, 2.45) is 5.41 Å². The number of carboxylic acid groups (broad SMARTS) is 1. The number of hydrogen-bond donors (Lipinski definition) is 2. The molecular formula is C15H21NO2S. The van der Waals surface area contributed by atoms with Crippen LogP contribution in [0.2, 0.25) is 0 Å². The summed E-state index contributed by atoms with van der Waals surface area (Å²) in [7, 11) is 0. The number of aromatic carboxylic acids is 1. The van der Waals surface area contributed by atoms with E-state index in [1.165, 1.54) is 5.75 Å². The van der Waals surface area contributed by atoms with E-state index in [0.29, 0.717) is 17.0 Å². The van der Waals surface area contributed by atoms with Crippen molar-refractivity contribution >= 4 is 23.4 Å². The summed E-state index contributed by atoms with van der Waals surface area (Å²) in [6.45, 7) is 6.55. The third-order valence-electron chi connectivity index (χ3n) is 3.44. The predicted molar refractivity (Wildman–Crippen MR) is 81.3 cm³/mol. The van der Waals surface area contributed by atoms with Gasteiger partial charge in [0.1, 0.15) is 0 Å². The van der Waals surface area contributed by atoms with Gasteiger partial charge in [-0.2, -0.15) is 11.8 Å². The Morgan fingerprint density at radius 1 is 1.47 bits per heavy atom. The van der Waals surface area contributed by atoms with Gasteiger partial charge in [0.25, 0.3) is 0 Å². The molecule has 1 aliphatic rings. The second kappa shape index (κ2) is 5.45. The van der Waals surface area contributed by atoms with Crippen LogP contribution in [0.25, 0.3) is 0 Å². The fourth-order valence-electron chi connectivity index (χ4n) is 2.53. The monoisotopic (exact) mass is 279 g/mol. The van der Waals surface area contributed by atoms with Crippen LogP contribution in [-0.2, 0) is 0 Å². The fourth-order valence-corrected chi connectivity index (χ4v) is 3.81. The number of benzene rings is 1. The molecule has 2 N–H and O–H groups in total. The lowest BCUT2D eigenvalue weighted by atomic mass is 9.87. The summed E-state index contributed by atoms with van der Waals surface area (Å²) >= 11 is 1.99. The van der Waals surface area contributed by atoms with E-state index < -0.39 is 5.97 Å². The first-order chi connectivity index (χ1) is 8.87. The molecule has 1 atom stereocenters. The lowest BCUT2D eigenvalue weighted by Crippen LogP contribution is -2.35. The molecule has 104 valence electrons. The number of thioether (sulfide) groups is 1. The maximum absolute atomic E-state index is 10.9. The van der Waals surface area contributed by atoms with Crippen molar-refractivity contribution in [2.75, 3.05) is 16.8 Å². The molecule has 0 aliphatic carbocycles. The van der Waals surface area contributed by atoms with Crippen LogP contribution in [-0.4, -0.2) is 28.6 Å². The minimum atomic E-state index is -0.871. The first-order valence-corrected chi connectivity index (χ1v) is 7.71. The van der Waals surface area contributed by atoms with Crippen LogP contribution in [0.15, 0.2) is 18.2 Å². The maximum atomic E-state index is 10.9. The van der Waals surface area contributed by atoms with Crippen molar-refractivity contribution in [3.63, 3.8) is 0 Å². The lowest BCUT2D eigenvalue weighted by molar-refractivity contribution is 0.0697. The van der Waals surface area contributed by atoms with Gasteiger partial charge in [0.15, 0.2) is 0 Å². The fraction of sp³-hybridized carbons (Fsp3) is 0.533. The number of rotatable bonds is 3. The van der Waals surface area contributed by atoms with E-state index in [0.717, 1.165) is 23.4 Å². The zero-order valence-corrected chi connectivity index (χ0v) is 12.5. The Kier molecular flexibility index (Phi) is 4.09. The normalized spacial score (nSPS) is 21.9. The Labute approximate surface area is 118 Å². The number of carboxylic acids is 1. The molecule has 1 aromatic carbocycles. The Morgan fingerprint density at radius 2 is 2.21 bits per heavy atom. The molecule has 1 aromatic rings. The van der Waals surface area contributed by atoms with Crippen LogP contribution in [0.1, 0.15) is 36.2 Å². The van der Waals surface area contributed by atoms with Gasteiger partial charge in [0.2, 0.25) is 0 Å². The highest BCUT2D eigenvalue weighted by Crippen LogP contribution is 2.35. The second-order valence-corrected chi connectivity index (χ2v) is 7.09. The number of anilines is 1. The van der Waals surface area contributed by atoms with Crippen LogP contribution in [0.4, 0.5) is 5.69 Å². The molecule has 1 unspecified atom stereocenters. The van der Waals surface area contributed by atoms with E-state index in [4.69, 9.17) is 5.11 Å². The first-order valence-electron chi connectivity index (χ1n) is 6.56. The van der Waals surface area contributed by atoms with Gasteiger partial charge in [-0.3, -0.25) is 0 Å². The smallest absolute Gasteiger partial charge is 0.335 e. The van der Waals surface area contributed by atoms with Gasteiger partial charge >= 0.3 is 5.97 Å². The average molecular weight is 279 g/mol. The molecule has 0 saturated carbocycles. The van der Waals surface area contributed by atoms with Gasteiger partial charge in [-0.05, 0) is 48.3 Å². The molecule has 0 spiro atoms. The second-order valence-electron chi connectivity index (χ2n) is 6.06. The van der Waals surface area contributed by atoms with Crippen LogP contribution >= 0.6 is 11.8 Å². The van der Waals surface area contributed by atoms with E-state index in [1.807, 2.05) is 24.8 Å².